The number of carbonyl (C=O) groups excluding carboxylic acids is 3. The third-order valence-electron chi connectivity index (χ3n) is 16.0. The summed E-state index contributed by atoms with van der Waals surface area (Å²) in [5, 5.41) is 24.2. The first kappa shape index (κ1) is 100. The topological polar surface area (TPSA) is 369 Å². The molecule has 35 heteroatoms. The van der Waals surface area contributed by atoms with Crippen molar-refractivity contribution in [3.8, 4) is 10.4 Å². The van der Waals surface area contributed by atoms with Crippen LogP contribution in [0.1, 0.15) is 51.3 Å². The van der Waals surface area contributed by atoms with Gasteiger partial charge in [-0.2, -0.15) is 0 Å². The number of thiazole rings is 1. The Morgan fingerprint density at radius 2 is 0.815 bits per heavy atom. The Labute approximate surface area is 649 Å². The van der Waals surface area contributed by atoms with Crippen LogP contribution in [-0.2, 0) is 130 Å². The van der Waals surface area contributed by atoms with E-state index in [1.807, 2.05) is 31.2 Å². The van der Waals surface area contributed by atoms with Gasteiger partial charge in [-0.25, -0.2) is 9.78 Å². The summed E-state index contributed by atoms with van der Waals surface area (Å²) in [6.45, 7) is 26.6. The van der Waals surface area contributed by atoms with Crippen molar-refractivity contribution in [2.75, 3.05) is 311 Å². The number of aliphatic carboxylic acids is 1. The maximum absolute atomic E-state index is 14.1. The fraction of sp³-hybridized carbons (Fsp3) is 0.822. The number of carboxylic acids is 1. The summed E-state index contributed by atoms with van der Waals surface area (Å²) in [6.07, 6.45) is -1.69. The zero-order valence-electron chi connectivity index (χ0n) is 65.0. The van der Waals surface area contributed by atoms with Crippen LogP contribution >= 0.6 is 23.7 Å². The number of amides is 3. The normalized spacial score (nSPS) is 14.7. The number of likely N-dealkylation sites (N-methyl/N-ethyl adjacent to an activating group) is 1. The van der Waals surface area contributed by atoms with Crippen molar-refractivity contribution in [3.05, 3.63) is 41.0 Å². The van der Waals surface area contributed by atoms with E-state index in [2.05, 4.69) is 10.3 Å². The van der Waals surface area contributed by atoms with E-state index in [-0.39, 0.29) is 64.6 Å². The van der Waals surface area contributed by atoms with Crippen LogP contribution in [0.15, 0.2) is 29.8 Å². The number of carbonyl (C=O) groups is 4. The number of aliphatic hydroxyl groups is 1. The number of likely N-dealkylation sites (tertiary alicyclic amines) is 1. The number of aliphatic hydroxyl groups excluding tert-OH is 1. The molecule has 1 saturated heterocycles. The van der Waals surface area contributed by atoms with Crippen molar-refractivity contribution in [3.63, 3.8) is 0 Å². The van der Waals surface area contributed by atoms with E-state index < -0.39 is 59.3 Å². The highest BCUT2D eigenvalue weighted by molar-refractivity contribution is 7.13. The zero-order valence-corrected chi connectivity index (χ0v) is 66.6. The molecule has 0 bridgehead atoms. The Balaban J connectivity index is 0.0000396. The fourth-order valence-corrected chi connectivity index (χ4v) is 10.5. The standard InChI is InChI=1S/C73H129N5O28S.ClH/c1-61-67(107-60-75-61)63-9-7-62(8-10-63)11-12-73(71(83)84,76-69(81)65-57-64(79)59-78(65)70(82)68(74)72(2,3)4)58-66(80)77(5)13-14-86-17-18-88-21-22-90-25-26-92-29-30-94-33-34-96-37-38-98-41-42-100-45-46-102-49-50-104-53-54-106-56-55-105-52-51-103-48-47-101-44-43-99-40-39-97-36-35-95-32-31-93-28-27-91-24-23-89-20-19-87-16-15-85-6;/h7-10,60,64-65,68,79H,11-59,74H2,1-6H3,(H,76,81)(H,83,84);1H/t64-,65+,68-,73-;/m1./s1. The average Bonchev–Trinajstić information content (AvgIpc) is 1.52. The molecule has 3 amide bonds. The fourth-order valence-electron chi connectivity index (χ4n) is 9.73. The van der Waals surface area contributed by atoms with Crippen LogP contribution in [0, 0.1) is 12.3 Å². The number of ether oxygens (including phenoxy) is 22. The predicted molar refractivity (Wildman–Crippen MR) is 401 cm³/mol. The summed E-state index contributed by atoms with van der Waals surface area (Å²) in [5.74, 6) is -3.30. The molecule has 3 rings (SSSR count). The lowest BCUT2D eigenvalue weighted by Crippen LogP contribution is -2.62. The summed E-state index contributed by atoms with van der Waals surface area (Å²) < 4.78 is 121. The van der Waals surface area contributed by atoms with Gasteiger partial charge in [0.05, 0.1) is 319 Å². The van der Waals surface area contributed by atoms with Gasteiger partial charge in [-0.1, -0.05) is 45.0 Å². The number of hydrogen-bond donors (Lipinski definition) is 4. The van der Waals surface area contributed by atoms with Gasteiger partial charge in [0.1, 0.15) is 11.6 Å². The van der Waals surface area contributed by atoms with E-state index in [0.29, 0.717) is 264 Å². The molecule has 2 heterocycles. The molecule has 0 saturated carbocycles. The Bertz CT molecular complexity index is 2470. The summed E-state index contributed by atoms with van der Waals surface area (Å²) in [6, 6.07) is 5.42. The number of benzene rings is 1. The molecule has 0 spiro atoms. The van der Waals surface area contributed by atoms with Crippen molar-refractivity contribution in [2.45, 2.75) is 77.1 Å². The van der Waals surface area contributed by atoms with E-state index in [9.17, 15) is 29.4 Å². The first-order chi connectivity index (χ1) is 52.1. The molecule has 1 aliphatic heterocycles. The smallest absolute Gasteiger partial charge is 0.329 e. The molecule has 628 valence electrons. The van der Waals surface area contributed by atoms with Crippen molar-refractivity contribution in [1.29, 1.82) is 0 Å². The van der Waals surface area contributed by atoms with E-state index in [4.69, 9.17) is 110 Å². The van der Waals surface area contributed by atoms with Crippen LogP contribution in [-0.4, -0.2) is 384 Å². The molecule has 1 aromatic heterocycles. The van der Waals surface area contributed by atoms with E-state index in [1.54, 1.807) is 33.4 Å². The summed E-state index contributed by atoms with van der Waals surface area (Å²) in [7, 11) is 3.17. The lowest BCUT2D eigenvalue weighted by molar-refractivity contribution is -0.153. The number of hydrogen-bond acceptors (Lipinski definition) is 30. The van der Waals surface area contributed by atoms with Crippen LogP contribution in [0.4, 0.5) is 0 Å². The molecule has 1 aliphatic rings. The van der Waals surface area contributed by atoms with Gasteiger partial charge in [-0.3, -0.25) is 14.4 Å². The highest BCUT2D eigenvalue weighted by Gasteiger charge is 2.48. The third kappa shape index (κ3) is 50.9. The van der Waals surface area contributed by atoms with Gasteiger partial charge in [0.25, 0.3) is 0 Å². The Morgan fingerprint density at radius 3 is 1.08 bits per heavy atom. The highest BCUT2D eigenvalue weighted by atomic mass is 35.5. The van der Waals surface area contributed by atoms with Gasteiger partial charge in [0, 0.05) is 33.7 Å². The predicted octanol–water partition coefficient (Wildman–Crippen LogP) is 2.59. The SMILES string of the molecule is COCCOCCOCCOCCOCCOCCOCCOCCOCCOCCOCCOCCOCCOCCOCCOCCOCCOCCOCCOCCOCCOCCN(C)C(=O)C[C@@](CCc1ccc(-c2scnc2C)cc1)(NC(=O)[C@@H]1C[C@@H](O)CN1C(=O)[C@@H](N)C(C)(C)C)C(=O)O.Cl. The molecule has 0 radical (unpaired) electrons. The van der Waals surface area contributed by atoms with Gasteiger partial charge in [0.15, 0.2) is 0 Å². The molecular weight excluding hydrogens is 1460 g/mol. The molecule has 0 unspecified atom stereocenters. The Kier molecular flexibility index (Phi) is 62.6. The largest absolute Gasteiger partial charge is 0.479 e. The van der Waals surface area contributed by atoms with E-state index in [0.717, 1.165) is 21.7 Å². The van der Waals surface area contributed by atoms with Gasteiger partial charge in [-0.05, 0) is 36.3 Å². The van der Waals surface area contributed by atoms with Crippen molar-refractivity contribution in [2.24, 2.45) is 11.1 Å². The zero-order chi connectivity index (χ0) is 77.4. The molecule has 33 nitrogen and oxygen atoms in total. The van der Waals surface area contributed by atoms with Gasteiger partial charge < -0.3 is 135 Å². The van der Waals surface area contributed by atoms with Gasteiger partial charge in [0.2, 0.25) is 17.7 Å². The lowest BCUT2D eigenvalue weighted by Gasteiger charge is -2.36. The number of halogens is 1. The minimum absolute atomic E-state index is 0. The third-order valence-corrected chi connectivity index (χ3v) is 16.9. The second kappa shape index (κ2) is 67.6. The molecule has 0 aliphatic carbocycles. The monoisotopic (exact) mass is 1590 g/mol. The van der Waals surface area contributed by atoms with Crippen molar-refractivity contribution < 1.29 is 134 Å². The number of β-amino-alcohol motifs (C(OH)–C–C–N with tert-alkyl or cyclic N) is 1. The summed E-state index contributed by atoms with van der Waals surface area (Å²) >= 11 is 1.51. The van der Waals surface area contributed by atoms with Crippen LogP contribution in [0.5, 0.6) is 0 Å². The average molecular weight is 1590 g/mol. The van der Waals surface area contributed by atoms with Crippen LogP contribution in [0.25, 0.3) is 10.4 Å². The van der Waals surface area contributed by atoms with Gasteiger partial charge in [-0.15, -0.1) is 23.7 Å². The first-order valence-corrected chi connectivity index (χ1v) is 38.1. The number of rotatable bonds is 76. The minimum atomic E-state index is -2.08. The van der Waals surface area contributed by atoms with Crippen LogP contribution in [0.2, 0.25) is 0 Å². The Morgan fingerprint density at radius 1 is 0.519 bits per heavy atom. The molecule has 1 fully saturated rings. The quantitative estimate of drug-likeness (QED) is 0.0691. The van der Waals surface area contributed by atoms with Gasteiger partial charge >= 0.3 is 5.97 Å². The summed E-state index contributed by atoms with van der Waals surface area (Å²) in [5.41, 5.74) is 7.98. The second-order valence-corrected chi connectivity index (χ2v) is 26.3. The number of carboxylic acid groups (broad SMARTS) is 1. The van der Waals surface area contributed by atoms with Crippen molar-refractivity contribution in [1.82, 2.24) is 20.1 Å². The first-order valence-electron chi connectivity index (χ1n) is 37.2. The maximum Gasteiger partial charge on any atom is 0.329 e. The number of nitrogens with one attached hydrogen (secondary N) is 1. The number of methoxy groups -OCH3 is 1. The van der Waals surface area contributed by atoms with Crippen LogP contribution < -0.4 is 11.1 Å². The van der Waals surface area contributed by atoms with E-state index >= 15 is 0 Å². The lowest BCUT2D eigenvalue weighted by atomic mass is 9.86. The molecule has 1 aromatic carbocycles. The molecule has 5 N–H and O–H groups in total. The number of nitrogens with two attached hydrogens (primary N) is 1. The maximum atomic E-state index is 14.1. The molecular formula is C73H130ClN5O28S. The number of nitrogens with zero attached hydrogens (tertiary/aromatic N) is 3. The summed E-state index contributed by atoms with van der Waals surface area (Å²) in [4.78, 5) is 62.8. The number of aromatic nitrogens is 1. The molecule has 4 atom stereocenters. The molecule has 2 aromatic rings. The minimum Gasteiger partial charge on any atom is -0.479 e. The second-order valence-electron chi connectivity index (χ2n) is 25.4. The highest BCUT2D eigenvalue weighted by Crippen LogP contribution is 2.30. The van der Waals surface area contributed by atoms with Crippen molar-refractivity contribution >= 4 is 47.4 Å². The number of aryl methyl sites for hydroxylation is 2. The van der Waals surface area contributed by atoms with E-state index in [1.165, 1.54) is 28.2 Å². The Hall–Kier alpha value is -3.94. The van der Waals surface area contributed by atoms with Crippen LogP contribution in [0.3, 0.4) is 0 Å². The molecule has 108 heavy (non-hydrogen) atoms.